The predicted octanol–water partition coefficient (Wildman–Crippen LogP) is 6.22. The fraction of sp³-hybridized carbons (Fsp3) is 0.194. The molecule has 1 amide bonds. The quantitative estimate of drug-likeness (QED) is 0.0632. The molecule has 0 saturated carbocycles. The molecular weight excluding hydrogens is 610 g/mol. The van der Waals surface area contributed by atoms with E-state index in [4.69, 9.17) is 21.1 Å². The number of fused-ring (bicyclic) bond motifs is 1. The van der Waals surface area contributed by atoms with Crippen molar-refractivity contribution >= 4 is 63.3 Å². The van der Waals surface area contributed by atoms with E-state index in [9.17, 15) is 19.5 Å². The number of thioether (sulfide) groups is 1. The van der Waals surface area contributed by atoms with Crippen LogP contribution in [0, 0.1) is 0 Å². The number of hydrogen-bond donors (Lipinski definition) is 1. The van der Waals surface area contributed by atoms with Crippen LogP contribution in [0.25, 0.3) is 5.76 Å². The zero-order valence-electron chi connectivity index (χ0n) is 22.9. The summed E-state index contributed by atoms with van der Waals surface area (Å²) in [4.78, 5) is 40.5. The summed E-state index contributed by atoms with van der Waals surface area (Å²) >= 11 is 8.59. The molecule has 12 heteroatoms. The molecule has 1 N–H and O–H groups in total. The molecule has 0 aliphatic carbocycles. The zero-order chi connectivity index (χ0) is 30.2. The third-order valence-electron chi connectivity index (χ3n) is 7.14. The van der Waals surface area contributed by atoms with Gasteiger partial charge in [-0.1, -0.05) is 59.0 Å². The third-order valence-corrected chi connectivity index (χ3v) is 9.52. The molecule has 0 bridgehead atoms. The molecule has 2 atom stereocenters. The molecule has 43 heavy (non-hydrogen) atoms. The molecular formula is C31H24ClN3O6S2. The molecule has 0 radical (unpaired) electrons. The van der Waals surface area contributed by atoms with Crippen LogP contribution in [0.1, 0.15) is 45.6 Å². The van der Waals surface area contributed by atoms with Gasteiger partial charge in [-0.25, -0.2) is 4.79 Å². The third kappa shape index (κ3) is 5.63. The lowest BCUT2D eigenvalue weighted by Gasteiger charge is -2.22. The molecule has 9 nitrogen and oxygen atoms in total. The van der Waals surface area contributed by atoms with Crippen LogP contribution < -0.4 is 9.64 Å². The lowest BCUT2D eigenvalue weighted by atomic mass is 9.94. The summed E-state index contributed by atoms with van der Waals surface area (Å²) in [6.45, 7) is 1.95. The summed E-state index contributed by atoms with van der Waals surface area (Å²) in [6.07, 6.45) is 0.653. The van der Waals surface area contributed by atoms with Gasteiger partial charge in [-0.15, -0.1) is 10.2 Å². The number of aromatic nitrogens is 2. The number of hydrogen-bond acceptors (Lipinski definition) is 10. The average molecular weight is 634 g/mol. The largest absolute Gasteiger partial charge is 0.507 e. The minimum atomic E-state index is -1.02. The summed E-state index contributed by atoms with van der Waals surface area (Å²) < 4.78 is 11.2. The number of halogens is 1. The number of nitrogens with zero attached hydrogens (tertiary/aromatic N) is 3. The lowest BCUT2D eigenvalue weighted by molar-refractivity contribution is -0.132. The van der Waals surface area contributed by atoms with Crippen molar-refractivity contribution in [3.05, 3.63) is 105 Å². The second-order valence-electron chi connectivity index (χ2n) is 10.0. The smallest absolute Gasteiger partial charge is 0.337 e. The molecule has 0 unspecified atom stereocenters. The van der Waals surface area contributed by atoms with Gasteiger partial charge in [0.2, 0.25) is 5.13 Å². The Labute approximate surface area is 260 Å². The van der Waals surface area contributed by atoms with E-state index in [0.717, 1.165) is 16.9 Å². The van der Waals surface area contributed by atoms with Gasteiger partial charge in [0.25, 0.3) is 5.78 Å². The average Bonchev–Trinajstić information content (AvgIpc) is 3.71. The highest BCUT2D eigenvalue weighted by Crippen LogP contribution is 2.44. The fourth-order valence-electron chi connectivity index (χ4n) is 5.07. The Kier molecular flexibility index (Phi) is 7.95. The monoisotopic (exact) mass is 633 g/mol. The molecule has 1 fully saturated rings. The second kappa shape index (κ2) is 11.8. The minimum absolute atomic E-state index is 0.00420. The van der Waals surface area contributed by atoms with Crippen molar-refractivity contribution in [2.75, 3.05) is 12.0 Å². The summed E-state index contributed by atoms with van der Waals surface area (Å²) in [6, 6.07) is 18.0. The number of carbonyl (C=O) groups excluding carboxylic acids is 3. The number of Topliss-reactive ketones (excluding diaryl/α,β-unsaturated/α-hetero) is 1. The van der Waals surface area contributed by atoms with Crippen LogP contribution in [0.3, 0.4) is 0 Å². The first-order valence-electron chi connectivity index (χ1n) is 13.2. The van der Waals surface area contributed by atoms with E-state index >= 15 is 0 Å². The van der Waals surface area contributed by atoms with E-state index in [-0.39, 0.29) is 22.6 Å². The van der Waals surface area contributed by atoms with Gasteiger partial charge in [-0.05, 0) is 66.1 Å². The van der Waals surface area contributed by atoms with Crippen molar-refractivity contribution in [1.29, 1.82) is 0 Å². The van der Waals surface area contributed by atoms with E-state index < -0.39 is 23.7 Å². The summed E-state index contributed by atoms with van der Waals surface area (Å²) in [7, 11) is 1.28. The van der Waals surface area contributed by atoms with Crippen molar-refractivity contribution in [3.8, 4) is 5.75 Å². The SMILES string of the molecule is COC(=O)c1ccc([C@H]2C(=C(O)c3ccc4c(c3)C[C@H](C)O4)C(=O)C(=O)N2c2nnc(SCc3ccc(Cl)cc3)s2)cc1. The summed E-state index contributed by atoms with van der Waals surface area (Å²) in [5.41, 5.74) is 3.03. The van der Waals surface area contributed by atoms with E-state index in [1.54, 1.807) is 42.5 Å². The van der Waals surface area contributed by atoms with Crippen LogP contribution in [-0.4, -0.2) is 46.2 Å². The van der Waals surface area contributed by atoms with Crippen LogP contribution in [0.2, 0.25) is 5.02 Å². The zero-order valence-corrected chi connectivity index (χ0v) is 25.3. The van der Waals surface area contributed by atoms with E-state index in [1.807, 2.05) is 31.2 Å². The van der Waals surface area contributed by atoms with E-state index in [2.05, 4.69) is 10.2 Å². The maximum absolute atomic E-state index is 13.6. The van der Waals surface area contributed by atoms with Gasteiger partial charge in [0, 0.05) is 22.8 Å². The maximum atomic E-state index is 13.6. The highest BCUT2D eigenvalue weighted by atomic mass is 35.5. The molecule has 2 aliphatic heterocycles. The number of amides is 1. The molecule has 218 valence electrons. The highest BCUT2D eigenvalue weighted by Gasteiger charge is 2.48. The van der Waals surface area contributed by atoms with Gasteiger partial charge in [0.15, 0.2) is 4.34 Å². The van der Waals surface area contributed by atoms with Crippen molar-refractivity contribution in [1.82, 2.24) is 10.2 Å². The fourth-order valence-corrected chi connectivity index (χ4v) is 7.02. The van der Waals surface area contributed by atoms with Crippen molar-refractivity contribution in [2.45, 2.75) is 35.6 Å². The first-order valence-corrected chi connectivity index (χ1v) is 15.4. The molecule has 0 spiro atoms. The van der Waals surface area contributed by atoms with Crippen LogP contribution in [0.5, 0.6) is 5.75 Å². The van der Waals surface area contributed by atoms with Crippen molar-refractivity contribution < 1.29 is 29.0 Å². The van der Waals surface area contributed by atoms with Gasteiger partial charge < -0.3 is 14.6 Å². The number of benzene rings is 3. The van der Waals surface area contributed by atoms with Crippen LogP contribution >= 0.6 is 34.7 Å². The van der Waals surface area contributed by atoms with Crippen LogP contribution in [0.4, 0.5) is 5.13 Å². The Morgan fingerprint density at radius 3 is 2.53 bits per heavy atom. The Hall–Kier alpha value is -4.19. The van der Waals surface area contributed by atoms with Crippen LogP contribution in [-0.2, 0) is 26.5 Å². The van der Waals surface area contributed by atoms with Crippen molar-refractivity contribution in [3.63, 3.8) is 0 Å². The highest BCUT2D eigenvalue weighted by molar-refractivity contribution is 8.00. The molecule has 3 aromatic carbocycles. The topological polar surface area (TPSA) is 119 Å². The molecule has 6 rings (SSSR count). The van der Waals surface area contributed by atoms with Gasteiger partial charge >= 0.3 is 11.9 Å². The Balaban J connectivity index is 1.39. The number of rotatable bonds is 7. The molecule has 3 heterocycles. The van der Waals surface area contributed by atoms with E-state index in [0.29, 0.717) is 38.2 Å². The standard InChI is InChI=1S/C31H24ClN3O6S2/c1-16-13-21-14-20(9-12-23(21)41-16)26(36)24-25(18-5-7-19(8-6-18)29(39)40-2)35(28(38)27(24)37)30-33-34-31(43-30)42-15-17-3-10-22(32)11-4-17/h3-12,14,16,25,36H,13,15H2,1-2H3/t16-,25-/m0/s1. The normalized spacial score (nSPS) is 18.9. The van der Waals surface area contributed by atoms with Gasteiger partial charge in [-0.2, -0.15) is 0 Å². The van der Waals surface area contributed by atoms with Gasteiger partial charge in [-0.3, -0.25) is 14.5 Å². The molecule has 4 aromatic rings. The number of anilines is 1. The minimum Gasteiger partial charge on any atom is -0.507 e. The number of aliphatic hydroxyl groups excluding tert-OH is 1. The second-order valence-corrected chi connectivity index (χ2v) is 12.6. The molecule has 2 aliphatic rings. The number of esters is 1. The Morgan fingerprint density at radius 2 is 1.81 bits per heavy atom. The number of ether oxygens (including phenoxy) is 2. The number of ketones is 1. The lowest BCUT2D eigenvalue weighted by Crippen LogP contribution is -2.29. The van der Waals surface area contributed by atoms with Gasteiger partial charge in [0.1, 0.15) is 17.6 Å². The van der Waals surface area contributed by atoms with E-state index in [1.165, 1.54) is 35.1 Å². The first kappa shape index (κ1) is 28.9. The Bertz CT molecular complexity index is 1770. The first-order chi connectivity index (χ1) is 20.7. The predicted molar refractivity (Wildman–Crippen MR) is 164 cm³/mol. The number of methoxy groups -OCH3 is 1. The summed E-state index contributed by atoms with van der Waals surface area (Å²) in [5.74, 6) is -1.21. The number of aliphatic hydroxyl groups is 1. The van der Waals surface area contributed by atoms with Crippen molar-refractivity contribution in [2.24, 2.45) is 0 Å². The maximum Gasteiger partial charge on any atom is 0.337 e. The van der Waals surface area contributed by atoms with Gasteiger partial charge in [0.05, 0.1) is 24.3 Å². The Morgan fingerprint density at radius 1 is 1.09 bits per heavy atom. The molecule has 1 aromatic heterocycles. The van der Waals surface area contributed by atoms with Crippen LogP contribution in [0.15, 0.2) is 76.6 Å². The summed E-state index contributed by atoms with van der Waals surface area (Å²) in [5, 5.41) is 20.9. The number of carbonyl (C=O) groups is 3. The molecule has 1 saturated heterocycles.